The fraction of sp³-hybridized carbons (Fsp3) is 0.0588. The average molecular weight is 690 g/mol. The molecule has 0 fully saturated rings. The number of benzene rings is 9. The molecule has 10 aromatic rings. The van der Waals surface area contributed by atoms with Crippen LogP contribution in [0, 0.1) is 0 Å². The molecule has 0 N–H and O–H groups in total. The first-order chi connectivity index (χ1) is 36.8. The van der Waals surface area contributed by atoms with Crippen LogP contribution in [-0.2, 0) is 5.41 Å². The average Bonchev–Trinajstić information content (AvgIpc) is 4.03. The van der Waals surface area contributed by atoms with Crippen LogP contribution < -0.4 is 0 Å². The molecule has 1 heterocycles. The van der Waals surface area contributed by atoms with Crippen LogP contribution in [0.5, 0.6) is 0 Å². The van der Waals surface area contributed by atoms with Gasteiger partial charge in [0.2, 0.25) is 0 Å². The number of furan rings is 1. The summed E-state index contributed by atoms with van der Waals surface area (Å²) >= 11 is 0. The molecule has 0 spiro atoms. The minimum atomic E-state index is -1.39. The molecule has 0 atom stereocenters. The van der Waals surface area contributed by atoms with Gasteiger partial charge in [0.25, 0.3) is 0 Å². The number of fused-ring (bicyclic) bond motifs is 10. The second-order valence-corrected chi connectivity index (χ2v) is 12.7. The van der Waals surface area contributed by atoms with Gasteiger partial charge in [-0.25, -0.2) is 0 Å². The molecule has 1 aromatic heterocycles. The highest BCUT2D eigenvalue weighted by molar-refractivity contribution is 6.23. The Kier molecular flexibility index (Phi) is 2.75. The van der Waals surface area contributed by atoms with Gasteiger partial charge in [-0.3, -0.25) is 0 Å². The van der Waals surface area contributed by atoms with Crippen LogP contribution in [0.2, 0.25) is 0 Å². The van der Waals surface area contributed by atoms with Gasteiger partial charge < -0.3 is 4.42 Å². The molecule has 0 aliphatic heterocycles. The van der Waals surface area contributed by atoms with Gasteiger partial charge in [0.1, 0.15) is 11.2 Å². The molecule has 1 nitrogen and oxygen atoms in total. The van der Waals surface area contributed by atoms with Crippen molar-refractivity contribution in [2.24, 2.45) is 0 Å². The van der Waals surface area contributed by atoms with Crippen molar-refractivity contribution < 1.29 is 41.4 Å². The summed E-state index contributed by atoms with van der Waals surface area (Å²) in [4.78, 5) is 0. The third kappa shape index (κ3) is 4.11. The monoisotopic (exact) mass is 689 g/mol. The predicted molar refractivity (Wildman–Crippen MR) is 220 cm³/mol. The van der Waals surface area contributed by atoms with Gasteiger partial charge in [0, 0.05) is 16.2 Å². The molecule has 0 saturated carbocycles. The first-order valence-corrected chi connectivity index (χ1v) is 16.0. The fourth-order valence-corrected chi connectivity index (χ4v) is 7.14. The summed E-state index contributed by atoms with van der Waals surface area (Å²) in [5.74, 6) is 0. The molecule has 11 rings (SSSR count). The van der Waals surface area contributed by atoms with Gasteiger partial charge in [-0.05, 0) is 118 Å². The van der Waals surface area contributed by atoms with Crippen molar-refractivity contribution in [1.82, 2.24) is 0 Å². The standard InChI is InChI=1S/C51H34O/c1-51(2)44-21-10-9-16-37(44)42-29-33(22-25-45(42)51)32-13-11-14-34(28-32)48-38-17-5-7-19-40(38)49(41-20-8-6-18-39(41)48)35-24-26-46-43(30-35)50-36-15-4-3-12-31(36)23-27-47(50)52-46/h3-30H,1-2H3/i3D,4D,5D,6D,7D,8D,9D,10D,11D,12D,14D,15D,16D,17D,18D,19D,20D,21D,22D,23D,24D,25D,26D,27D,28D,29D,30D. The van der Waals surface area contributed by atoms with E-state index in [9.17, 15) is 17.8 Å². The molecule has 0 radical (unpaired) electrons. The molecule has 0 saturated heterocycles. The third-order valence-electron chi connectivity index (χ3n) is 9.52. The fourth-order valence-electron chi connectivity index (χ4n) is 7.14. The van der Waals surface area contributed by atoms with Crippen molar-refractivity contribution >= 4 is 54.3 Å². The highest BCUT2D eigenvalue weighted by Gasteiger charge is 2.35. The van der Waals surface area contributed by atoms with Crippen molar-refractivity contribution in [2.45, 2.75) is 19.3 Å². The zero-order valence-corrected chi connectivity index (χ0v) is 27.0. The molecule has 1 heteroatoms. The van der Waals surface area contributed by atoms with Crippen LogP contribution in [-0.4, -0.2) is 0 Å². The molecule has 52 heavy (non-hydrogen) atoms. The van der Waals surface area contributed by atoms with Gasteiger partial charge in [-0.1, -0.05) is 153 Å². The van der Waals surface area contributed by atoms with E-state index in [1.165, 1.54) is 0 Å². The Bertz CT molecular complexity index is 4570. The van der Waals surface area contributed by atoms with E-state index in [1.807, 2.05) is 0 Å². The predicted octanol–water partition coefficient (Wildman–Crippen LogP) is 14.4. The summed E-state index contributed by atoms with van der Waals surface area (Å²) in [6.45, 7) is 3.12. The first kappa shape index (κ1) is 13.3. The number of rotatable bonds is 3. The van der Waals surface area contributed by atoms with Gasteiger partial charge in [0.05, 0.1) is 37.0 Å². The van der Waals surface area contributed by atoms with Crippen molar-refractivity contribution in [1.29, 1.82) is 0 Å². The Hall–Kier alpha value is -6.44. The molecule has 0 bridgehead atoms. The third-order valence-corrected chi connectivity index (χ3v) is 9.52. The lowest BCUT2D eigenvalue weighted by molar-refractivity contribution is 0.660. The Morgan fingerprint density at radius 1 is 0.423 bits per heavy atom. The van der Waals surface area contributed by atoms with Crippen LogP contribution in [0.4, 0.5) is 0 Å². The van der Waals surface area contributed by atoms with Crippen LogP contribution in [0.25, 0.3) is 98.8 Å². The summed E-state index contributed by atoms with van der Waals surface area (Å²) in [5, 5.41) is -4.58. The van der Waals surface area contributed by atoms with E-state index >= 15 is 0 Å². The molecular weight excluding hydrogens is 629 g/mol. The topological polar surface area (TPSA) is 13.1 Å². The Balaban J connectivity index is 1.37. The molecule has 0 unspecified atom stereocenters. The van der Waals surface area contributed by atoms with Gasteiger partial charge >= 0.3 is 0 Å². The largest absolute Gasteiger partial charge is 0.456 e. The smallest absolute Gasteiger partial charge is 0.136 e. The van der Waals surface area contributed by atoms with E-state index in [-0.39, 0.29) is 27.6 Å². The second-order valence-electron chi connectivity index (χ2n) is 12.7. The van der Waals surface area contributed by atoms with Crippen molar-refractivity contribution in [3.05, 3.63) is 180 Å². The molecule has 1 aliphatic rings. The maximum Gasteiger partial charge on any atom is 0.136 e. The molecule has 244 valence electrons. The van der Waals surface area contributed by atoms with Crippen LogP contribution in [0.1, 0.15) is 62.0 Å². The summed E-state index contributed by atoms with van der Waals surface area (Å²) in [5.41, 5.74) is -6.78. The normalized spacial score (nSPS) is 20.6. The molecule has 9 aromatic carbocycles. The minimum absolute atomic E-state index is 0.0124. The van der Waals surface area contributed by atoms with Crippen molar-refractivity contribution in [2.75, 3.05) is 0 Å². The van der Waals surface area contributed by atoms with Crippen molar-refractivity contribution in [3.8, 4) is 44.5 Å². The van der Waals surface area contributed by atoms with E-state index < -0.39 is 251 Å². The Labute approximate surface area is 340 Å². The van der Waals surface area contributed by atoms with Gasteiger partial charge in [0.15, 0.2) is 0 Å². The lowest BCUT2D eigenvalue weighted by Gasteiger charge is -2.21. The van der Waals surface area contributed by atoms with Crippen molar-refractivity contribution in [3.63, 3.8) is 0 Å². The number of hydrogen-bond acceptors (Lipinski definition) is 1. The van der Waals surface area contributed by atoms with Gasteiger partial charge in [-0.15, -0.1) is 0 Å². The highest BCUT2D eigenvalue weighted by atomic mass is 16.3. The summed E-state index contributed by atoms with van der Waals surface area (Å²) in [6, 6.07) is -20.7. The summed E-state index contributed by atoms with van der Waals surface area (Å²) in [6.07, 6.45) is 0. The van der Waals surface area contributed by atoms with Crippen LogP contribution in [0.3, 0.4) is 0 Å². The van der Waals surface area contributed by atoms with E-state index in [2.05, 4.69) is 0 Å². The van der Waals surface area contributed by atoms with Gasteiger partial charge in [-0.2, -0.15) is 0 Å². The highest BCUT2D eigenvalue weighted by Crippen LogP contribution is 2.50. The summed E-state index contributed by atoms with van der Waals surface area (Å²) in [7, 11) is 0. The molecular formula is C51H34O. The molecule has 0 amide bonds. The summed E-state index contributed by atoms with van der Waals surface area (Å²) < 4.78 is 253. The second kappa shape index (κ2) is 10.8. The maximum absolute atomic E-state index is 9.98. The zero-order valence-electron chi connectivity index (χ0n) is 54.0. The van der Waals surface area contributed by atoms with E-state index in [0.29, 0.717) is 0 Å². The van der Waals surface area contributed by atoms with E-state index in [4.69, 9.17) is 23.6 Å². The van der Waals surface area contributed by atoms with Crippen LogP contribution in [0.15, 0.2) is 174 Å². The lowest BCUT2D eigenvalue weighted by atomic mass is 9.82. The Morgan fingerprint density at radius 3 is 1.77 bits per heavy atom. The zero-order chi connectivity index (χ0) is 58.0. The van der Waals surface area contributed by atoms with E-state index in [1.54, 1.807) is 13.8 Å². The van der Waals surface area contributed by atoms with Crippen LogP contribution >= 0.6 is 0 Å². The first-order valence-electron chi connectivity index (χ1n) is 29.5. The SMILES string of the molecule is [2H]c1cc(-c2c([2H])c([2H])c3c(c2[2H])-c2c([2H])c([2H])c([2H])c([2H])c2C3(C)C)c([2H])c(-c2c3c([2H])c([2H])c([2H])c([2H])c3c(-c3c([2H])c([2H])c4oc5c([2H])c([2H])c6c([2H])c([2H])c([2H])c([2H])c6c5c4c3[2H])c3c([2H])c([2H])c([2H])c([2H])c23)c1[2H]. The number of hydrogen-bond donors (Lipinski definition) is 0. The van der Waals surface area contributed by atoms with E-state index in [0.717, 1.165) is 6.07 Å². The maximum atomic E-state index is 9.98. The lowest BCUT2D eigenvalue weighted by Crippen LogP contribution is -2.14. The molecule has 1 aliphatic carbocycles. The minimum Gasteiger partial charge on any atom is -0.456 e. The quantitative estimate of drug-likeness (QED) is 0.168. The Morgan fingerprint density at radius 2 is 1.02 bits per heavy atom.